The Morgan fingerprint density at radius 1 is 1.08 bits per heavy atom. The van der Waals surface area contributed by atoms with Crippen molar-refractivity contribution in [1.29, 1.82) is 0 Å². The van der Waals surface area contributed by atoms with Gasteiger partial charge in [0.1, 0.15) is 11.3 Å². The lowest BCUT2D eigenvalue weighted by Gasteiger charge is -2.18. The van der Waals surface area contributed by atoms with E-state index in [0.717, 1.165) is 5.56 Å². The molecule has 24 heavy (non-hydrogen) atoms. The van der Waals surface area contributed by atoms with E-state index in [1.165, 1.54) is 12.1 Å². The molecular weight excluding hydrogens is 372 g/mol. The van der Waals surface area contributed by atoms with Gasteiger partial charge in [0.25, 0.3) is 0 Å². The molecule has 0 aliphatic rings. The van der Waals surface area contributed by atoms with Crippen molar-refractivity contribution >= 4 is 27.7 Å². The van der Waals surface area contributed by atoms with Gasteiger partial charge in [-0.2, -0.15) is 0 Å². The van der Waals surface area contributed by atoms with Gasteiger partial charge in [-0.25, -0.2) is 4.79 Å². The molecule has 2 rings (SSSR count). The molecule has 1 N–H and O–H groups in total. The highest BCUT2D eigenvalue weighted by molar-refractivity contribution is 9.10. The van der Waals surface area contributed by atoms with Crippen LogP contribution in [0.3, 0.4) is 0 Å². The molecule has 2 aromatic rings. The number of Topliss-reactive ketones (excluding diaryl/α,β-unsaturated/α-hetero) is 1. The topological polar surface area (TPSA) is 63.6 Å². The van der Waals surface area contributed by atoms with Crippen molar-refractivity contribution in [1.82, 2.24) is 0 Å². The predicted octanol–water partition coefficient (Wildman–Crippen LogP) is 4.49. The van der Waals surface area contributed by atoms with Gasteiger partial charge in [0, 0.05) is 10.0 Å². The Morgan fingerprint density at radius 3 is 2.29 bits per heavy atom. The Morgan fingerprint density at radius 2 is 1.71 bits per heavy atom. The third-order valence-corrected chi connectivity index (χ3v) is 4.08. The van der Waals surface area contributed by atoms with E-state index in [2.05, 4.69) is 36.7 Å². The fourth-order valence-corrected chi connectivity index (χ4v) is 2.48. The van der Waals surface area contributed by atoms with E-state index in [1.807, 2.05) is 12.1 Å². The summed E-state index contributed by atoms with van der Waals surface area (Å²) in [5, 5.41) is 9.69. The summed E-state index contributed by atoms with van der Waals surface area (Å²) in [6.07, 6.45) is 0. The monoisotopic (exact) mass is 390 g/mol. The molecule has 0 unspecified atom stereocenters. The van der Waals surface area contributed by atoms with Crippen LogP contribution in [0.2, 0.25) is 0 Å². The van der Waals surface area contributed by atoms with Crippen LogP contribution in [-0.2, 0) is 10.2 Å². The van der Waals surface area contributed by atoms with E-state index >= 15 is 0 Å². The number of phenolic OH excluding ortho intramolecular Hbond substituents is 1. The third-order valence-electron chi connectivity index (χ3n) is 3.59. The van der Waals surface area contributed by atoms with Gasteiger partial charge in [0.2, 0.25) is 0 Å². The minimum absolute atomic E-state index is 0.00622. The molecule has 0 heterocycles. The van der Waals surface area contributed by atoms with Gasteiger partial charge in [0.15, 0.2) is 12.4 Å². The van der Waals surface area contributed by atoms with E-state index in [1.54, 1.807) is 18.2 Å². The minimum Gasteiger partial charge on any atom is -0.507 e. The van der Waals surface area contributed by atoms with Crippen molar-refractivity contribution < 1.29 is 19.4 Å². The number of phenols is 1. The van der Waals surface area contributed by atoms with Gasteiger partial charge < -0.3 is 9.84 Å². The van der Waals surface area contributed by atoms with E-state index in [-0.39, 0.29) is 29.1 Å². The number of hydrogen-bond donors (Lipinski definition) is 1. The second-order valence-corrected chi connectivity index (χ2v) is 7.40. The summed E-state index contributed by atoms with van der Waals surface area (Å²) >= 11 is 3.22. The molecule has 0 spiro atoms. The lowest BCUT2D eigenvalue weighted by molar-refractivity contribution is 0.0471. The zero-order valence-electron chi connectivity index (χ0n) is 13.8. The van der Waals surface area contributed by atoms with E-state index in [4.69, 9.17) is 4.74 Å². The van der Waals surface area contributed by atoms with E-state index < -0.39 is 5.97 Å². The number of rotatable bonds is 4. The van der Waals surface area contributed by atoms with Crippen LogP contribution in [0.5, 0.6) is 5.75 Å². The predicted molar refractivity (Wildman–Crippen MR) is 95.6 cm³/mol. The quantitative estimate of drug-likeness (QED) is 0.616. The number of ketones is 1. The van der Waals surface area contributed by atoms with Gasteiger partial charge in [-0.15, -0.1) is 0 Å². The Bertz CT molecular complexity index is 758. The van der Waals surface area contributed by atoms with E-state index in [0.29, 0.717) is 10.0 Å². The maximum absolute atomic E-state index is 12.1. The van der Waals surface area contributed by atoms with Gasteiger partial charge >= 0.3 is 5.97 Å². The average Bonchev–Trinajstić information content (AvgIpc) is 2.53. The van der Waals surface area contributed by atoms with Crippen LogP contribution in [-0.4, -0.2) is 23.5 Å². The zero-order valence-corrected chi connectivity index (χ0v) is 15.4. The molecule has 5 heteroatoms. The Hall–Kier alpha value is -2.14. The Kier molecular flexibility index (Phi) is 5.44. The number of halogens is 1. The van der Waals surface area contributed by atoms with Crippen LogP contribution in [0.15, 0.2) is 46.9 Å². The number of ether oxygens (including phenoxy) is 1. The standard InChI is InChI=1S/C19H19BrO4/c1-19(2,3)13-6-4-12(5-7-13)17(22)11-24-18(23)15-10-14(20)8-9-16(15)21/h4-10,21H,11H2,1-3H3. The molecule has 0 bridgehead atoms. The number of hydrogen-bond acceptors (Lipinski definition) is 4. The molecule has 0 amide bonds. The fraction of sp³-hybridized carbons (Fsp3) is 0.263. The van der Waals surface area contributed by atoms with Crippen LogP contribution in [0.25, 0.3) is 0 Å². The number of carbonyl (C=O) groups excluding carboxylic acids is 2. The van der Waals surface area contributed by atoms with Crippen LogP contribution in [0.4, 0.5) is 0 Å². The first-order chi connectivity index (χ1) is 11.2. The van der Waals surface area contributed by atoms with Gasteiger partial charge in [-0.05, 0) is 29.2 Å². The van der Waals surface area contributed by atoms with Crippen molar-refractivity contribution in [2.75, 3.05) is 6.61 Å². The lowest BCUT2D eigenvalue weighted by atomic mass is 9.86. The summed E-state index contributed by atoms with van der Waals surface area (Å²) in [5.74, 6) is -1.23. The molecule has 2 aromatic carbocycles. The average molecular weight is 391 g/mol. The number of esters is 1. The van der Waals surface area contributed by atoms with Crippen LogP contribution in [0.1, 0.15) is 47.1 Å². The molecule has 0 saturated carbocycles. The van der Waals surface area contributed by atoms with Gasteiger partial charge in [0.05, 0.1) is 0 Å². The third kappa shape index (κ3) is 4.45. The number of benzene rings is 2. The van der Waals surface area contributed by atoms with Gasteiger partial charge in [-0.3, -0.25) is 4.79 Å². The summed E-state index contributed by atoms with van der Waals surface area (Å²) in [6.45, 7) is 5.90. The molecule has 0 saturated heterocycles. The largest absolute Gasteiger partial charge is 0.507 e. The number of aromatic hydroxyl groups is 1. The molecule has 0 atom stereocenters. The first-order valence-electron chi connectivity index (χ1n) is 7.48. The Balaban J connectivity index is 2.02. The maximum Gasteiger partial charge on any atom is 0.342 e. The molecule has 0 radical (unpaired) electrons. The highest BCUT2D eigenvalue weighted by atomic mass is 79.9. The second kappa shape index (κ2) is 7.18. The normalized spacial score (nSPS) is 11.2. The first-order valence-corrected chi connectivity index (χ1v) is 8.27. The van der Waals surface area contributed by atoms with Gasteiger partial charge in [-0.1, -0.05) is 61.0 Å². The van der Waals surface area contributed by atoms with Crippen molar-refractivity contribution in [3.05, 3.63) is 63.6 Å². The van der Waals surface area contributed by atoms with E-state index in [9.17, 15) is 14.7 Å². The zero-order chi connectivity index (χ0) is 17.9. The smallest absolute Gasteiger partial charge is 0.342 e. The molecule has 126 valence electrons. The molecule has 0 aromatic heterocycles. The van der Waals surface area contributed by atoms with Crippen molar-refractivity contribution in [3.63, 3.8) is 0 Å². The summed E-state index contributed by atoms with van der Waals surface area (Å²) < 4.78 is 5.64. The molecule has 4 nitrogen and oxygen atoms in total. The molecule has 0 fully saturated rings. The summed E-state index contributed by atoms with van der Waals surface area (Å²) in [7, 11) is 0. The minimum atomic E-state index is -0.742. The van der Waals surface area contributed by atoms with Crippen LogP contribution < -0.4 is 0 Å². The van der Waals surface area contributed by atoms with Crippen molar-refractivity contribution in [2.24, 2.45) is 0 Å². The summed E-state index contributed by atoms with van der Waals surface area (Å²) in [4.78, 5) is 24.1. The van der Waals surface area contributed by atoms with Crippen molar-refractivity contribution in [2.45, 2.75) is 26.2 Å². The first kappa shape index (κ1) is 18.2. The Labute approximate surface area is 149 Å². The fourth-order valence-electron chi connectivity index (χ4n) is 2.12. The van der Waals surface area contributed by atoms with Crippen LogP contribution >= 0.6 is 15.9 Å². The second-order valence-electron chi connectivity index (χ2n) is 6.49. The highest BCUT2D eigenvalue weighted by Crippen LogP contribution is 2.23. The van der Waals surface area contributed by atoms with Crippen molar-refractivity contribution in [3.8, 4) is 5.75 Å². The molecular formula is C19H19BrO4. The SMILES string of the molecule is CC(C)(C)c1ccc(C(=O)COC(=O)c2cc(Br)ccc2O)cc1. The number of carbonyl (C=O) groups is 2. The van der Waals surface area contributed by atoms with Crippen LogP contribution in [0, 0.1) is 0 Å². The summed E-state index contributed by atoms with van der Waals surface area (Å²) in [5.41, 5.74) is 1.62. The maximum atomic E-state index is 12.1. The summed E-state index contributed by atoms with van der Waals surface area (Å²) in [6, 6.07) is 11.7. The highest BCUT2D eigenvalue weighted by Gasteiger charge is 2.17. The molecule has 0 aliphatic heterocycles. The lowest BCUT2D eigenvalue weighted by Crippen LogP contribution is -2.15. The molecule has 0 aliphatic carbocycles.